The molecule has 0 unspecified atom stereocenters. The van der Waals surface area contributed by atoms with Gasteiger partial charge in [0.05, 0.1) is 47.3 Å². The summed E-state index contributed by atoms with van der Waals surface area (Å²) >= 11 is 0. The number of aromatic nitrogens is 1. The number of rotatable bonds is 9. The number of carbonyl (C=O) groups excluding carboxylic acids is 1. The van der Waals surface area contributed by atoms with Gasteiger partial charge in [-0.15, -0.1) is 0 Å². The van der Waals surface area contributed by atoms with E-state index < -0.39 is 23.1 Å². The van der Waals surface area contributed by atoms with E-state index in [1.165, 1.54) is 34.5 Å². The Hall–Kier alpha value is -4.25. The van der Waals surface area contributed by atoms with Crippen LogP contribution in [0.1, 0.15) is 47.5 Å². The van der Waals surface area contributed by atoms with Crippen LogP contribution < -0.4 is 25.2 Å². The third-order valence-electron chi connectivity index (χ3n) is 7.94. The Labute approximate surface area is 236 Å². The van der Waals surface area contributed by atoms with Crippen molar-refractivity contribution in [1.82, 2.24) is 9.47 Å². The fourth-order valence-corrected chi connectivity index (χ4v) is 6.13. The molecule has 1 N–H and O–H groups in total. The zero-order valence-electron chi connectivity index (χ0n) is 23.5. The quantitative estimate of drug-likeness (QED) is 0.386. The lowest BCUT2D eigenvalue weighted by Crippen LogP contribution is -2.46. The van der Waals surface area contributed by atoms with E-state index in [1.54, 1.807) is 24.3 Å². The molecule has 2 aromatic heterocycles. The minimum Gasteiger partial charge on any atom is -0.502 e. The predicted octanol–water partition coefficient (Wildman–Crippen LogP) is 2.85. The minimum absolute atomic E-state index is 0.0169. The summed E-state index contributed by atoms with van der Waals surface area (Å²) < 4.78 is 29.4. The fraction of sp³-hybridized carbons (Fsp3) is 0.433. The van der Waals surface area contributed by atoms with Crippen molar-refractivity contribution in [2.75, 3.05) is 41.5 Å². The van der Waals surface area contributed by atoms with Crippen molar-refractivity contribution >= 4 is 5.97 Å². The van der Waals surface area contributed by atoms with Gasteiger partial charge in [0.25, 0.3) is 5.56 Å². The van der Waals surface area contributed by atoms with Crippen LogP contribution in [0.25, 0.3) is 0 Å². The molecule has 4 heterocycles. The summed E-state index contributed by atoms with van der Waals surface area (Å²) in [6.45, 7) is 2.40. The van der Waals surface area contributed by atoms with E-state index in [9.17, 15) is 19.5 Å². The average Bonchev–Trinajstić information content (AvgIpc) is 2.97. The molecular formula is C30H34N2O9. The number of ether oxygens (including phenoxy) is 4. The second kappa shape index (κ2) is 11.7. The first-order chi connectivity index (χ1) is 19.8. The van der Waals surface area contributed by atoms with E-state index in [1.807, 2.05) is 10.6 Å². The summed E-state index contributed by atoms with van der Waals surface area (Å²) in [6, 6.07) is 9.96. The van der Waals surface area contributed by atoms with Crippen LogP contribution in [0, 0.1) is 5.92 Å². The highest BCUT2D eigenvalue weighted by molar-refractivity contribution is 5.71. The Morgan fingerprint density at radius 3 is 2.41 bits per heavy atom. The van der Waals surface area contributed by atoms with Gasteiger partial charge in [-0.1, -0.05) is 6.07 Å². The van der Waals surface area contributed by atoms with Crippen LogP contribution in [-0.4, -0.2) is 62.1 Å². The third-order valence-corrected chi connectivity index (χ3v) is 7.94. The van der Waals surface area contributed by atoms with Crippen LogP contribution in [0.15, 0.2) is 50.4 Å². The molecular weight excluding hydrogens is 532 g/mol. The Bertz CT molecular complexity index is 1540. The Kier molecular flexibility index (Phi) is 8.07. The number of benzene rings is 1. The number of hydrogen-bond donors (Lipinski definition) is 1. The van der Waals surface area contributed by atoms with Gasteiger partial charge in [-0.3, -0.25) is 19.3 Å². The molecule has 11 heteroatoms. The van der Waals surface area contributed by atoms with Crippen LogP contribution in [0.4, 0.5) is 0 Å². The Balaban J connectivity index is 1.50. The van der Waals surface area contributed by atoms with E-state index in [4.69, 9.17) is 23.4 Å². The molecule has 2 aliphatic rings. The highest BCUT2D eigenvalue weighted by Gasteiger charge is 2.35. The Morgan fingerprint density at radius 1 is 1.02 bits per heavy atom. The van der Waals surface area contributed by atoms with Gasteiger partial charge in [0, 0.05) is 43.4 Å². The maximum absolute atomic E-state index is 13.0. The van der Waals surface area contributed by atoms with Crippen LogP contribution in [-0.2, 0) is 22.6 Å². The van der Waals surface area contributed by atoms with Crippen LogP contribution in [0.2, 0.25) is 0 Å². The normalized spacial score (nSPS) is 18.7. The fourth-order valence-electron chi connectivity index (χ4n) is 6.13. The largest absolute Gasteiger partial charge is 0.502 e. The van der Waals surface area contributed by atoms with E-state index >= 15 is 0 Å². The van der Waals surface area contributed by atoms with Gasteiger partial charge in [0.1, 0.15) is 5.76 Å². The number of nitrogens with zero attached hydrogens (tertiary/aromatic N) is 2. The van der Waals surface area contributed by atoms with Gasteiger partial charge in [-0.2, -0.15) is 0 Å². The molecule has 41 heavy (non-hydrogen) atoms. The van der Waals surface area contributed by atoms with Crippen molar-refractivity contribution in [2.24, 2.45) is 5.92 Å². The molecule has 11 nitrogen and oxygen atoms in total. The first-order valence-electron chi connectivity index (χ1n) is 13.4. The van der Waals surface area contributed by atoms with Crippen molar-refractivity contribution < 1.29 is 33.3 Å². The number of esters is 1. The molecule has 0 radical (unpaired) electrons. The summed E-state index contributed by atoms with van der Waals surface area (Å²) in [4.78, 5) is 40.1. The number of hydrogen-bond acceptors (Lipinski definition) is 10. The number of methoxy groups -OCH3 is 4. The molecule has 0 saturated carbocycles. The van der Waals surface area contributed by atoms with Crippen molar-refractivity contribution in [1.29, 1.82) is 0 Å². The molecule has 3 atom stereocenters. The predicted molar refractivity (Wildman–Crippen MR) is 148 cm³/mol. The second-order valence-corrected chi connectivity index (χ2v) is 10.5. The standard InChI is InChI=1S/C30H34N2O9/c1-37-24-9-18(10-25(38-2)30(24)40-4)21(12-27(35)39-3)29-28(36)23(33)11-20(41-29)16-31-13-17-8-19(15-31)22-6-5-7-26(34)32(22)14-17/h5-7,9-11,17,19,21,36H,8,12-16H2,1-4H3/t17-,19+,21+/m1/s1. The van der Waals surface area contributed by atoms with Crippen molar-refractivity contribution in [3.63, 3.8) is 0 Å². The summed E-state index contributed by atoms with van der Waals surface area (Å²) in [6.07, 6.45) is 0.779. The second-order valence-electron chi connectivity index (χ2n) is 10.5. The first-order valence-corrected chi connectivity index (χ1v) is 13.4. The lowest BCUT2D eigenvalue weighted by atomic mass is 9.83. The van der Waals surface area contributed by atoms with Gasteiger partial charge < -0.3 is 33.0 Å². The van der Waals surface area contributed by atoms with Gasteiger partial charge in [0.15, 0.2) is 17.3 Å². The number of carbonyl (C=O) groups is 1. The highest BCUT2D eigenvalue weighted by atomic mass is 16.5. The van der Waals surface area contributed by atoms with E-state index in [0.29, 0.717) is 48.2 Å². The van der Waals surface area contributed by atoms with E-state index in [0.717, 1.165) is 18.7 Å². The highest BCUT2D eigenvalue weighted by Crippen LogP contribution is 2.43. The maximum Gasteiger partial charge on any atom is 0.306 e. The topological polar surface area (TPSA) is 130 Å². The summed E-state index contributed by atoms with van der Waals surface area (Å²) in [5.41, 5.74) is 0.919. The molecule has 218 valence electrons. The molecule has 0 aliphatic carbocycles. The van der Waals surface area contributed by atoms with Crippen molar-refractivity contribution in [3.05, 3.63) is 79.8 Å². The average molecular weight is 567 g/mol. The number of piperidine rings is 1. The molecule has 2 aliphatic heterocycles. The monoisotopic (exact) mass is 566 g/mol. The molecule has 3 aromatic rings. The van der Waals surface area contributed by atoms with E-state index in [-0.39, 0.29) is 29.6 Å². The number of fused-ring (bicyclic) bond motifs is 4. The zero-order chi connectivity index (χ0) is 29.3. The van der Waals surface area contributed by atoms with Crippen molar-refractivity contribution in [2.45, 2.75) is 37.8 Å². The number of pyridine rings is 1. The zero-order valence-corrected chi connectivity index (χ0v) is 23.5. The van der Waals surface area contributed by atoms with Gasteiger partial charge in [-0.05, 0) is 36.1 Å². The van der Waals surface area contributed by atoms with E-state index in [2.05, 4.69) is 4.90 Å². The first kappa shape index (κ1) is 28.3. The molecule has 0 spiro atoms. The van der Waals surface area contributed by atoms with Crippen LogP contribution in [0.5, 0.6) is 23.0 Å². The molecule has 2 bridgehead atoms. The molecule has 1 aromatic carbocycles. The molecule has 5 rings (SSSR count). The smallest absolute Gasteiger partial charge is 0.306 e. The molecule has 1 saturated heterocycles. The number of aromatic hydroxyl groups is 1. The maximum atomic E-state index is 13.0. The lowest BCUT2D eigenvalue weighted by molar-refractivity contribution is -0.140. The number of likely N-dealkylation sites (tertiary alicyclic amines) is 1. The minimum atomic E-state index is -0.886. The van der Waals surface area contributed by atoms with Gasteiger partial charge >= 0.3 is 5.97 Å². The SMILES string of the molecule is COC(=O)C[C@@H](c1cc(OC)c(OC)c(OC)c1)c1oc(CN2C[C@H]3C[C@@H](C2)c2cccc(=O)n2C3)cc(=O)c1O. The van der Waals surface area contributed by atoms with Crippen LogP contribution in [0.3, 0.4) is 0 Å². The molecule has 0 amide bonds. The summed E-state index contributed by atoms with van der Waals surface area (Å²) in [7, 11) is 5.68. The van der Waals surface area contributed by atoms with Gasteiger partial charge in [0.2, 0.25) is 16.9 Å². The van der Waals surface area contributed by atoms with Crippen LogP contribution >= 0.6 is 0 Å². The molecule has 1 fully saturated rings. The third kappa shape index (κ3) is 5.54. The Morgan fingerprint density at radius 2 is 1.76 bits per heavy atom. The lowest BCUT2D eigenvalue weighted by Gasteiger charge is -2.42. The van der Waals surface area contributed by atoms with Crippen molar-refractivity contribution in [3.8, 4) is 23.0 Å². The van der Waals surface area contributed by atoms with Gasteiger partial charge in [-0.25, -0.2) is 0 Å². The summed E-state index contributed by atoms with van der Waals surface area (Å²) in [5.74, 6) is -0.214. The summed E-state index contributed by atoms with van der Waals surface area (Å²) in [5, 5.41) is 10.9.